The molecule has 4 heteroatoms. The Bertz CT molecular complexity index is 303. The first kappa shape index (κ1) is 8.18. The summed E-state index contributed by atoms with van der Waals surface area (Å²) in [4.78, 5) is 3.88. The fourth-order valence-electron chi connectivity index (χ4n) is 0.737. The topological polar surface area (TPSA) is 62.7 Å². The first-order valence-electron chi connectivity index (χ1n) is 3.02. The van der Waals surface area contributed by atoms with Crippen molar-refractivity contribution in [2.75, 3.05) is 0 Å². The average Bonchev–Trinajstić information content (AvgIpc) is 2.04. The highest BCUT2D eigenvalue weighted by atomic mass is 79.9. The van der Waals surface area contributed by atoms with Gasteiger partial charge in [0.25, 0.3) is 0 Å². The van der Waals surface area contributed by atoms with Crippen molar-refractivity contribution in [2.45, 2.75) is 6.54 Å². The summed E-state index contributed by atoms with van der Waals surface area (Å²) >= 11 is 3.24. The van der Waals surface area contributed by atoms with E-state index in [1.54, 1.807) is 12.3 Å². The zero-order valence-corrected chi connectivity index (χ0v) is 7.30. The Morgan fingerprint density at radius 1 is 1.73 bits per heavy atom. The number of halogens is 1. The van der Waals surface area contributed by atoms with Gasteiger partial charge < -0.3 is 5.73 Å². The third-order valence-corrected chi connectivity index (χ3v) is 1.69. The molecular formula is C7H6BrN3. The van der Waals surface area contributed by atoms with Gasteiger partial charge in [-0.1, -0.05) is 0 Å². The summed E-state index contributed by atoms with van der Waals surface area (Å²) in [5.41, 5.74) is 6.55. The molecule has 0 aromatic carbocycles. The molecule has 1 rings (SSSR count). The van der Waals surface area contributed by atoms with Crippen LogP contribution in [0, 0.1) is 11.3 Å². The minimum Gasteiger partial charge on any atom is -0.326 e. The SMILES string of the molecule is N#Cc1ncc(Br)cc1CN. The molecule has 0 aliphatic carbocycles. The van der Waals surface area contributed by atoms with E-state index in [0.29, 0.717) is 12.2 Å². The first-order chi connectivity index (χ1) is 5.27. The van der Waals surface area contributed by atoms with Gasteiger partial charge in [-0.2, -0.15) is 5.26 Å². The zero-order valence-electron chi connectivity index (χ0n) is 5.71. The van der Waals surface area contributed by atoms with Crippen LogP contribution in [0.1, 0.15) is 11.3 Å². The Kier molecular flexibility index (Phi) is 2.58. The lowest BCUT2D eigenvalue weighted by Gasteiger charge is -1.98. The van der Waals surface area contributed by atoms with Crippen LogP contribution in [0.3, 0.4) is 0 Å². The second kappa shape index (κ2) is 3.46. The van der Waals surface area contributed by atoms with Crippen LogP contribution in [0.4, 0.5) is 0 Å². The van der Waals surface area contributed by atoms with E-state index >= 15 is 0 Å². The maximum absolute atomic E-state index is 8.56. The van der Waals surface area contributed by atoms with Crippen LogP contribution in [0.15, 0.2) is 16.7 Å². The summed E-state index contributed by atoms with van der Waals surface area (Å²) in [6, 6.07) is 3.76. The molecule has 0 aliphatic rings. The predicted octanol–water partition coefficient (Wildman–Crippen LogP) is 1.17. The molecule has 0 saturated heterocycles. The third kappa shape index (κ3) is 1.76. The zero-order chi connectivity index (χ0) is 8.27. The number of nitriles is 1. The Balaban J connectivity index is 3.19. The van der Waals surface area contributed by atoms with E-state index < -0.39 is 0 Å². The summed E-state index contributed by atoms with van der Waals surface area (Å²) in [6.07, 6.45) is 1.58. The van der Waals surface area contributed by atoms with Crippen LogP contribution in [0.25, 0.3) is 0 Å². The van der Waals surface area contributed by atoms with Gasteiger partial charge in [-0.15, -0.1) is 0 Å². The standard InChI is InChI=1S/C7H6BrN3/c8-6-1-5(2-9)7(3-10)11-4-6/h1,4H,2,9H2. The molecule has 0 unspecified atom stereocenters. The number of nitrogens with two attached hydrogens (primary N) is 1. The Labute approximate surface area is 73.0 Å². The molecule has 0 atom stereocenters. The third-order valence-electron chi connectivity index (χ3n) is 1.26. The van der Waals surface area contributed by atoms with Crippen molar-refractivity contribution in [3.05, 3.63) is 28.0 Å². The number of nitrogens with zero attached hydrogens (tertiary/aromatic N) is 2. The summed E-state index contributed by atoms with van der Waals surface area (Å²) < 4.78 is 0.844. The highest BCUT2D eigenvalue weighted by Crippen LogP contribution is 2.12. The highest BCUT2D eigenvalue weighted by Gasteiger charge is 2.00. The number of aromatic nitrogens is 1. The minimum absolute atomic E-state index is 0.343. The van der Waals surface area contributed by atoms with Crippen LogP contribution in [-0.4, -0.2) is 4.98 Å². The van der Waals surface area contributed by atoms with Crippen LogP contribution in [0.5, 0.6) is 0 Å². The van der Waals surface area contributed by atoms with Crippen molar-refractivity contribution in [1.29, 1.82) is 5.26 Å². The highest BCUT2D eigenvalue weighted by molar-refractivity contribution is 9.10. The van der Waals surface area contributed by atoms with Crippen molar-refractivity contribution in [3.8, 4) is 6.07 Å². The molecule has 2 N–H and O–H groups in total. The fourth-order valence-corrected chi connectivity index (χ4v) is 1.12. The normalized spacial score (nSPS) is 9.18. The number of rotatable bonds is 1. The van der Waals surface area contributed by atoms with Gasteiger partial charge in [-0.3, -0.25) is 0 Å². The quantitative estimate of drug-likeness (QED) is 0.759. The van der Waals surface area contributed by atoms with Crippen LogP contribution >= 0.6 is 15.9 Å². The van der Waals surface area contributed by atoms with Gasteiger partial charge in [0.15, 0.2) is 0 Å². The van der Waals surface area contributed by atoms with Gasteiger partial charge >= 0.3 is 0 Å². The van der Waals surface area contributed by atoms with Gasteiger partial charge in [0.1, 0.15) is 11.8 Å². The van der Waals surface area contributed by atoms with E-state index in [-0.39, 0.29) is 0 Å². The van der Waals surface area contributed by atoms with E-state index in [0.717, 1.165) is 10.0 Å². The van der Waals surface area contributed by atoms with Gasteiger partial charge in [0, 0.05) is 22.8 Å². The molecule has 1 aromatic heterocycles. The van der Waals surface area contributed by atoms with Gasteiger partial charge in [0.2, 0.25) is 0 Å². The molecule has 0 spiro atoms. The number of pyridine rings is 1. The summed E-state index contributed by atoms with van der Waals surface area (Å²) in [7, 11) is 0. The lowest BCUT2D eigenvalue weighted by atomic mass is 10.2. The molecule has 3 nitrogen and oxygen atoms in total. The smallest absolute Gasteiger partial charge is 0.144 e. The summed E-state index contributed by atoms with van der Waals surface area (Å²) in [5, 5.41) is 8.56. The molecule has 1 heterocycles. The largest absolute Gasteiger partial charge is 0.326 e. The van der Waals surface area contributed by atoms with E-state index in [4.69, 9.17) is 11.0 Å². The molecule has 0 saturated carbocycles. The lowest BCUT2D eigenvalue weighted by molar-refractivity contribution is 1.03. The van der Waals surface area contributed by atoms with E-state index in [1.807, 2.05) is 6.07 Å². The van der Waals surface area contributed by atoms with Gasteiger partial charge in [0.05, 0.1) is 0 Å². The van der Waals surface area contributed by atoms with Gasteiger partial charge in [-0.25, -0.2) is 4.98 Å². The van der Waals surface area contributed by atoms with Crippen molar-refractivity contribution in [2.24, 2.45) is 5.73 Å². The van der Waals surface area contributed by atoms with E-state index in [1.165, 1.54) is 0 Å². The maximum Gasteiger partial charge on any atom is 0.144 e. The summed E-state index contributed by atoms with van der Waals surface area (Å²) in [5.74, 6) is 0. The van der Waals surface area contributed by atoms with Crippen molar-refractivity contribution in [3.63, 3.8) is 0 Å². The molecule has 0 amide bonds. The lowest BCUT2D eigenvalue weighted by Crippen LogP contribution is -2.00. The van der Waals surface area contributed by atoms with Crippen molar-refractivity contribution in [1.82, 2.24) is 4.98 Å². The van der Waals surface area contributed by atoms with Crippen molar-refractivity contribution < 1.29 is 0 Å². The number of hydrogen-bond donors (Lipinski definition) is 1. The molecule has 11 heavy (non-hydrogen) atoms. The molecule has 0 fully saturated rings. The molecule has 1 aromatic rings. The van der Waals surface area contributed by atoms with Crippen LogP contribution < -0.4 is 5.73 Å². The second-order valence-corrected chi connectivity index (χ2v) is 2.89. The second-order valence-electron chi connectivity index (χ2n) is 1.98. The monoisotopic (exact) mass is 211 g/mol. The molecule has 0 aliphatic heterocycles. The molecule has 0 bridgehead atoms. The number of hydrogen-bond acceptors (Lipinski definition) is 3. The maximum atomic E-state index is 8.56. The molecule has 56 valence electrons. The van der Waals surface area contributed by atoms with E-state index in [9.17, 15) is 0 Å². The average molecular weight is 212 g/mol. The predicted molar refractivity (Wildman–Crippen MR) is 44.5 cm³/mol. The molecule has 0 radical (unpaired) electrons. The fraction of sp³-hybridized carbons (Fsp3) is 0.143. The van der Waals surface area contributed by atoms with Crippen LogP contribution in [0.2, 0.25) is 0 Å². The minimum atomic E-state index is 0.343. The van der Waals surface area contributed by atoms with E-state index in [2.05, 4.69) is 20.9 Å². The Morgan fingerprint density at radius 3 is 3.00 bits per heavy atom. The molecular weight excluding hydrogens is 206 g/mol. The Hall–Kier alpha value is -0.920. The van der Waals surface area contributed by atoms with Crippen LogP contribution in [-0.2, 0) is 6.54 Å². The van der Waals surface area contributed by atoms with Crippen molar-refractivity contribution >= 4 is 15.9 Å². The first-order valence-corrected chi connectivity index (χ1v) is 3.82. The summed E-state index contributed by atoms with van der Waals surface area (Å²) in [6.45, 7) is 0.343. The van der Waals surface area contributed by atoms with Gasteiger partial charge in [-0.05, 0) is 22.0 Å². The Morgan fingerprint density at radius 2 is 2.45 bits per heavy atom.